The van der Waals surface area contributed by atoms with Gasteiger partial charge in [-0.25, -0.2) is 8.42 Å². The van der Waals surface area contributed by atoms with Gasteiger partial charge in [0.2, 0.25) is 10.0 Å². The first-order chi connectivity index (χ1) is 11.6. The molecule has 130 valence electrons. The summed E-state index contributed by atoms with van der Waals surface area (Å²) in [5.74, 6) is 0.646. The SMILES string of the molecule is CCOc1ccc(S(=O)(=O)N(CCOC)Cc2cccnc2)cc1. The molecular formula is C17H22N2O4S. The topological polar surface area (TPSA) is 68.7 Å². The first kappa shape index (κ1) is 18.4. The van der Waals surface area contributed by atoms with Crippen molar-refractivity contribution in [3.05, 3.63) is 54.4 Å². The van der Waals surface area contributed by atoms with Crippen LogP contribution in [0.2, 0.25) is 0 Å². The van der Waals surface area contributed by atoms with Crippen LogP contribution in [0.25, 0.3) is 0 Å². The summed E-state index contributed by atoms with van der Waals surface area (Å²) < 4.78 is 37.6. The van der Waals surface area contributed by atoms with Crippen LogP contribution in [-0.2, 0) is 21.3 Å². The molecule has 24 heavy (non-hydrogen) atoms. The highest BCUT2D eigenvalue weighted by Crippen LogP contribution is 2.21. The molecule has 0 N–H and O–H groups in total. The molecule has 0 bridgehead atoms. The Morgan fingerprint density at radius 3 is 2.50 bits per heavy atom. The molecule has 0 fully saturated rings. The monoisotopic (exact) mass is 350 g/mol. The minimum Gasteiger partial charge on any atom is -0.494 e. The summed E-state index contributed by atoms with van der Waals surface area (Å²) in [7, 11) is -2.09. The lowest BCUT2D eigenvalue weighted by molar-refractivity contribution is 0.177. The predicted molar refractivity (Wildman–Crippen MR) is 91.3 cm³/mol. The highest BCUT2D eigenvalue weighted by Gasteiger charge is 2.24. The predicted octanol–water partition coefficient (Wildman–Crippen LogP) is 2.32. The summed E-state index contributed by atoms with van der Waals surface area (Å²) in [5, 5.41) is 0. The Balaban J connectivity index is 2.25. The molecule has 0 saturated heterocycles. The van der Waals surface area contributed by atoms with Crippen LogP contribution in [-0.4, -0.2) is 44.6 Å². The number of ether oxygens (including phenoxy) is 2. The van der Waals surface area contributed by atoms with Gasteiger partial charge in [0, 0.05) is 32.6 Å². The molecule has 1 heterocycles. The van der Waals surface area contributed by atoms with Crippen molar-refractivity contribution in [3.63, 3.8) is 0 Å². The van der Waals surface area contributed by atoms with Crippen LogP contribution in [0, 0.1) is 0 Å². The van der Waals surface area contributed by atoms with Gasteiger partial charge in [-0.3, -0.25) is 4.98 Å². The quantitative estimate of drug-likeness (QED) is 0.694. The molecule has 0 aliphatic rings. The van der Waals surface area contributed by atoms with Crippen LogP contribution in [0.4, 0.5) is 0 Å². The van der Waals surface area contributed by atoms with Crippen molar-refractivity contribution in [2.45, 2.75) is 18.4 Å². The zero-order valence-electron chi connectivity index (χ0n) is 13.9. The molecule has 1 aromatic carbocycles. The average Bonchev–Trinajstić information content (AvgIpc) is 2.60. The average molecular weight is 350 g/mol. The lowest BCUT2D eigenvalue weighted by Gasteiger charge is -2.22. The molecule has 1 aromatic heterocycles. The van der Waals surface area contributed by atoms with E-state index in [9.17, 15) is 8.42 Å². The number of rotatable bonds is 9. The van der Waals surface area contributed by atoms with E-state index in [0.29, 0.717) is 19.0 Å². The van der Waals surface area contributed by atoms with E-state index < -0.39 is 10.0 Å². The molecule has 0 aliphatic heterocycles. The van der Waals surface area contributed by atoms with E-state index in [1.807, 2.05) is 13.0 Å². The Labute approximate surface area is 143 Å². The summed E-state index contributed by atoms with van der Waals surface area (Å²) in [4.78, 5) is 4.26. The highest BCUT2D eigenvalue weighted by atomic mass is 32.2. The molecule has 2 rings (SSSR count). The lowest BCUT2D eigenvalue weighted by Crippen LogP contribution is -2.33. The van der Waals surface area contributed by atoms with Gasteiger partial charge in [0.05, 0.1) is 18.1 Å². The normalized spacial score (nSPS) is 11.6. The summed E-state index contributed by atoms with van der Waals surface area (Å²) >= 11 is 0. The van der Waals surface area contributed by atoms with Crippen molar-refractivity contribution in [1.29, 1.82) is 0 Å². The van der Waals surface area contributed by atoms with Gasteiger partial charge in [-0.2, -0.15) is 4.31 Å². The number of hydrogen-bond acceptors (Lipinski definition) is 5. The molecule has 7 heteroatoms. The minimum absolute atomic E-state index is 0.228. The van der Waals surface area contributed by atoms with Crippen molar-refractivity contribution in [2.75, 3.05) is 26.9 Å². The fraction of sp³-hybridized carbons (Fsp3) is 0.353. The van der Waals surface area contributed by atoms with Crippen LogP contribution < -0.4 is 4.74 Å². The maximum atomic E-state index is 12.9. The van der Waals surface area contributed by atoms with Crippen molar-refractivity contribution >= 4 is 10.0 Å². The van der Waals surface area contributed by atoms with E-state index in [-0.39, 0.29) is 18.0 Å². The third-order valence-electron chi connectivity index (χ3n) is 3.40. The molecule has 0 radical (unpaired) electrons. The fourth-order valence-electron chi connectivity index (χ4n) is 2.20. The molecule has 0 amide bonds. The molecule has 6 nitrogen and oxygen atoms in total. The first-order valence-electron chi connectivity index (χ1n) is 7.68. The van der Waals surface area contributed by atoms with Crippen LogP contribution in [0.3, 0.4) is 0 Å². The van der Waals surface area contributed by atoms with E-state index in [0.717, 1.165) is 5.56 Å². The van der Waals surface area contributed by atoms with Gasteiger partial charge >= 0.3 is 0 Å². The lowest BCUT2D eigenvalue weighted by atomic mass is 10.3. The number of aromatic nitrogens is 1. The summed E-state index contributed by atoms with van der Waals surface area (Å²) in [6.07, 6.45) is 3.32. The third-order valence-corrected chi connectivity index (χ3v) is 5.26. The minimum atomic E-state index is -3.63. The third kappa shape index (κ3) is 4.77. The van der Waals surface area contributed by atoms with Gasteiger partial charge < -0.3 is 9.47 Å². The summed E-state index contributed by atoms with van der Waals surface area (Å²) in [5.41, 5.74) is 0.822. The number of nitrogens with zero attached hydrogens (tertiary/aromatic N) is 2. The van der Waals surface area contributed by atoms with Crippen LogP contribution >= 0.6 is 0 Å². The van der Waals surface area contributed by atoms with Crippen molar-refractivity contribution in [3.8, 4) is 5.75 Å². The second-order valence-electron chi connectivity index (χ2n) is 5.10. The van der Waals surface area contributed by atoms with Crippen molar-refractivity contribution in [2.24, 2.45) is 0 Å². The zero-order valence-corrected chi connectivity index (χ0v) is 14.7. The largest absolute Gasteiger partial charge is 0.494 e. The second kappa shape index (κ2) is 8.77. The molecule has 0 saturated carbocycles. The molecule has 0 unspecified atom stereocenters. The number of benzene rings is 1. The molecule has 0 spiro atoms. The first-order valence-corrected chi connectivity index (χ1v) is 9.12. The zero-order chi connectivity index (χ0) is 17.4. The van der Waals surface area contributed by atoms with E-state index >= 15 is 0 Å². The number of pyridine rings is 1. The molecule has 2 aromatic rings. The van der Waals surface area contributed by atoms with Crippen molar-refractivity contribution in [1.82, 2.24) is 9.29 Å². The van der Waals surface area contributed by atoms with Crippen LogP contribution in [0.15, 0.2) is 53.7 Å². The summed E-state index contributed by atoms with van der Waals surface area (Å²) in [6, 6.07) is 10.1. The van der Waals surface area contributed by atoms with Gasteiger partial charge in [-0.1, -0.05) is 6.07 Å². The van der Waals surface area contributed by atoms with Gasteiger partial charge in [-0.15, -0.1) is 0 Å². The van der Waals surface area contributed by atoms with Crippen molar-refractivity contribution < 1.29 is 17.9 Å². The van der Waals surface area contributed by atoms with Crippen LogP contribution in [0.1, 0.15) is 12.5 Å². The van der Waals surface area contributed by atoms with Gasteiger partial charge in [0.1, 0.15) is 5.75 Å². The fourth-order valence-corrected chi connectivity index (χ4v) is 3.61. The highest BCUT2D eigenvalue weighted by molar-refractivity contribution is 7.89. The maximum Gasteiger partial charge on any atom is 0.243 e. The van der Waals surface area contributed by atoms with Gasteiger partial charge in [0.25, 0.3) is 0 Å². The van der Waals surface area contributed by atoms with E-state index in [4.69, 9.17) is 9.47 Å². The standard InChI is InChI=1S/C17H22N2O4S/c1-3-23-16-6-8-17(9-7-16)24(20,21)19(11-12-22-2)14-15-5-4-10-18-13-15/h4-10,13H,3,11-12,14H2,1-2H3. The van der Waals surface area contributed by atoms with Gasteiger partial charge in [-0.05, 0) is 42.8 Å². The molecule has 0 aliphatic carbocycles. The Kier molecular flexibility index (Phi) is 6.72. The number of methoxy groups -OCH3 is 1. The van der Waals surface area contributed by atoms with E-state index in [2.05, 4.69) is 4.98 Å². The second-order valence-corrected chi connectivity index (χ2v) is 7.04. The Bertz CT molecular complexity index is 718. The van der Waals surface area contributed by atoms with E-state index in [1.165, 1.54) is 4.31 Å². The number of sulfonamides is 1. The Morgan fingerprint density at radius 2 is 1.92 bits per heavy atom. The maximum absolute atomic E-state index is 12.9. The van der Waals surface area contributed by atoms with E-state index in [1.54, 1.807) is 49.8 Å². The summed E-state index contributed by atoms with van der Waals surface area (Å²) in [6.45, 7) is 3.24. The smallest absolute Gasteiger partial charge is 0.243 e. The molecular weight excluding hydrogens is 328 g/mol. The Morgan fingerprint density at radius 1 is 1.17 bits per heavy atom. The van der Waals surface area contributed by atoms with Gasteiger partial charge in [0.15, 0.2) is 0 Å². The number of hydrogen-bond donors (Lipinski definition) is 0. The Hall–Kier alpha value is -1.96. The molecule has 0 atom stereocenters. The van der Waals surface area contributed by atoms with Crippen LogP contribution in [0.5, 0.6) is 5.75 Å².